The van der Waals surface area contributed by atoms with Gasteiger partial charge in [-0.25, -0.2) is 45.7 Å². The number of ether oxygens (including phenoxy) is 1. The van der Waals surface area contributed by atoms with Gasteiger partial charge in [0.05, 0.1) is 36.3 Å². The Kier molecular flexibility index (Phi) is 20.1. The van der Waals surface area contributed by atoms with Gasteiger partial charge in [0.15, 0.2) is 23.3 Å². The molecule has 4 aromatic carbocycles. The number of aliphatic hydroxyl groups excluding tert-OH is 1. The Hall–Kier alpha value is -6.48. The first-order valence-corrected chi connectivity index (χ1v) is 27.5. The Balaban J connectivity index is 0.000000231. The van der Waals surface area contributed by atoms with Crippen molar-refractivity contribution in [3.63, 3.8) is 0 Å². The van der Waals surface area contributed by atoms with Crippen LogP contribution < -0.4 is 10.6 Å². The second kappa shape index (κ2) is 26.2. The lowest BCUT2D eigenvalue weighted by molar-refractivity contribution is -0.147. The van der Waals surface area contributed by atoms with Crippen LogP contribution >= 0.6 is 0 Å². The maximum Gasteiger partial charge on any atom is 0.252 e. The van der Waals surface area contributed by atoms with Gasteiger partial charge in [0.25, 0.3) is 11.8 Å². The Morgan fingerprint density at radius 1 is 0.654 bits per heavy atom. The highest BCUT2D eigenvalue weighted by atomic mass is 19.1. The predicted molar refractivity (Wildman–Crippen MR) is 298 cm³/mol. The summed E-state index contributed by atoms with van der Waals surface area (Å²) in [5, 5.41) is 26.3. The van der Waals surface area contributed by atoms with Crippen molar-refractivity contribution in [2.45, 2.75) is 120 Å². The zero-order chi connectivity index (χ0) is 57.8. The number of aromatic nitrogens is 6. The number of amides is 2. The Labute approximate surface area is 471 Å². The van der Waals surface area contributed by atoms with Crippen molar-refractivity contribution in [3.8, 4) is 22.8 Å². The molecule has 9 rings (SSSR count). The zero-order valence-electron chi connectivity index (χ0n) is 47.0. The van der Waals surface area contributed by atoms with E-state index in [2.05, 4.69) is 39.7 Å². The fourth-order valence-electron chi connectivity index (χ4n) is 11.1. The topological polar surface area (TPSA) is 156 Å². The molecule has 3 aliphatic rings. The first-order chi connectivity index (χ1) is 37.9. The van der Waals surface area contributed by atoms with Gasteiger partial charge in [0.1, 0.15) is 47.1 Å². The van der Waals surface area contributed by atoms with E-state index in [0.717, 1.165) is 69.0 Å². The number of carbonyl (C=O) groups excluding carboxylic acids is 2. The summed E-state index contributed by atoms with van der Waals surface area (Å²) < 4.78 is 95.2. The molecule has 20 heteroatoms. The summed E-state index contributed by atoms with van der Waals surface area (Å²) in [7, 11) is 0. The number of rotatable bonds is 16. The molecule has 3 fully saturated rings. The zero-order valence-corrected chi connectivity index (χ0v) is 47.0. The average molecular weight is 1130 g/mol. The van der Waals surface area contributed by atoms with Gasteiger partial charge in [-0.15, -0.1) is 0 Å². The number of aliphatic hydroxyl groups is 1. The molecule has 0 radical (unpaired) electrons. The lowest BCUT2D eigenvalue weighted by Gasteiger charge is -2.42. The summed E-state index contributed by atoms with van der Waals surface area (Å²) in [6.45, 7) is 22.4. The summed E-state index contributed by atoms with van der Waals surface area (Å²) in [4.78, 5) is 40.7. The van der Waals surface area contributed by atoms with E-state index in [4.69, 9.17) is 9.72 Å². The molecule has 0 saturated carbocycles. The normalized spacial score (nSPS) is 20.3. The molecule has 8 atom stereocenters. The molecule has 3 saturated heterocycles. The highest BCUT2D eigenvalue weighted by molar-refractivity contribution is 5.82. The van der Waals surface area contributed by atoms with E-state index < -0.39 is 75.9 Å². The first-order valence-electron chi connectivity index (χ1n) is 27.5. The van der Waals surface area contributed by atoms with E-state index in [-0.39, 0.29) is 61.0 Å². The third-order valence-corrected chi connectivity index (χ3v) is 15.3. The van der Waals surface area contributed by atoms with Crippen LogP contribution in [0, 0.1) is 69.4 Å². The molecule has 6 aromatic rings. The van der Waals surface area contributed by atoms with Gasteiger partial charge >= 0.3 is 0 Å². The third kappa shape index (κ3) is 15.0. The molecular formula is C61H78F6N10O4. The van der Waals surface area contributed by atoms with Gasteiger partial charge in [-0.1, -0.05) is 87.1 Å². The van der Waals surface area contributed by atoms with E-state index in [1.54, 1.807) is 33.8 Å². The summed E-state index contributed by atoms with van der Waals surface area (Å²) >= 11 is 0. The van der Waals surface area contributed by atoms with Gasteiger partial charge in [0.2, 0.25) is 0 Å². The molecule has 81 heavy (non-hydrogen) atoms. The molecule has 0 aliphatic carbocycles. The molecule has 0 spiro atoms. The smallest absolute Gasteiger partial charge is 0.252 e. The summed E-state index contributed by atoms with van der Waals surface area (Å²) in [6.07, 6.45) is -0.367. The molecule has 438 valence electrons. The van der Waals surface area contributed by atoms with Crippen molar-refractivity contribution in [2.75, 3.05) is 45.9 Å². The van der Waals surface area contributed by atoms with Crippen LogP contribution in [0.2, 0.25) is 0 Å². The monoisotopic (exact) mass is 1130 g/mol. The highest BCUT2D eigenvalue weighted by Crippen LogP contribution is 2.42. The number of benzene rings is 4. The molecule has 14 nitrogen and oxygen atoms in total. The maximum absolute atomic E-state index is 14.9. The summed E-state index contributed by atoms with van der Waals surface area (Å²) in [5.41, 5.74) is -0.132. The van der Waals surface area contributed by atoms with Crippen molar-refractivity contribution < 1.29 is 45.8 Å². The Morgan fingerprint density at radius 2 is 1.09 bits per heavy atom. The average Bonchev–Trinajstić information content (AvgIpc) is 4.31. The first kappa shape index (κ1) is 62.1. The number of hydrogen-bond donors (Lipinski definition) is 3. The van der Waals surface area contributed by atoms with E-state index in [9.17, 15) is 41.0 Å². The second-order valence-corrected chi connectivity index (χ2v) is 23.9. The van der Waals surface area contributed by atoms with E-state index in [0.29, 0.717) is 60.7 Å². The lowest BCUT2D eigenvalue weighted by atomic mass is 9.83. The van der Waals surface area contributed by atoms with Crippen LogP contribution in [0.3, 0.4) is 0 Å². The standard InChI is InChI=1S/C31H38F3N5O2.C29H36F3N5O2.CH4/c1-19-15-35-16-21(19)18-38(30(40)26-9-6-12-41-26)27(31(2,3)4)29-36-28(24-14-23(33)10-11-25(24)34)37-39(29)17-20-7-5-8-22(32)13-20;1-17-13-33-14-20(17)16-36(28(39)18(2)38)25(29(3,4)5)27-34-26(23-12-22(31)9-10-24(23)32)35-37(27)15-19-7-6-8-21(30)11-19;/h5,7-8,10-11,13-14,19,21,26-27,35H,6,9,12,15-18H2,1-4H3;6-12,17-18,20,25,33,38H,13-16H2,1-5H3;1H4/t19-,21-,26?,27-;17-,18-,20-,25-;/m00./s1. The molecular weight excluding hydrogens is 1050 g/mol. The molecule has 3 aliphatic heterocycles. The van der Waals surface area contributed by atoms with E-state index >= 15 is 0 Å². The van der Waals surface area contributed by atoms with Crippen molar-refractivity contribution >= 4 is 11.8 Å². The van der Waals surface area contributed by atoms with Gasteiger partial charge < -0.3 is 30.3 Å². The van der Waals surface area contributed by atoms with Crippen molar-refractivity contribution in [2.24, 2.45) is 34.5 Å². The van der Waals surface area contributed by atoms with Crippen molar-refractivity contribution in [1.29, 1.82) is 0 Å². The van der Waals surface area contributed by atoms with Crippen molar-refractivity contribution in [3.05, 3.63) is 143 Å². The minimum Gasteiger partial charge on any atom is -0.384 e. The quantitative estimate of drug-likeness (QED) is 0.0798. The van der Waals surface area contributed by atoms with Gasteiger partial charge in [-0.2, -0.15) is 10.2 Å². The number of carbonyl (C=O) groups is 2. The largest absolute Gasteiger partial charge is 0.384 e. The Morgan fingerprint density at radius 3 is 1.47 bits per heavy atom. The molecule has 0 bridgehead atoms. The van der Waals surface area contributed by atoms with Crippen LogP contribution in [-0.4, -0.2) is 114 Å². The van der Waals surface area contributed by atoms with Crippen LogP contribution in [0.25, 0.3) is 22.8 Å². The Bertz CT molecular complexity index is 3110. The number of halogens is 6. The minimum absolute atomic E-state index is 0. The van der Waals surface area contributed by atoms with Crippen LogP contribution in [-0.2, 0) is 27.4 Å². The predicted octanol–water partition coefficient (Wildman–Crippen LogP) is 10.6. The van der Waals surface area contributed by atoms with Crippen molar-refractivity contribution in [1.82, 2.24) is 50.0 Å². The number of nitrogens with zero attached hydrogens (tertiary/aromatic N) is 8. The summed E-state index contributed by atoms with van der Waals surface area (Å²) in [5.74, 6) is -2.29. The molecule has 5 heterocycles. The van der Waals surface area contributed by atoms with Crippen LogP contribution in [0.5, 0.6) is 0 Å². The highest BCUT2D eigenvalue weighted by Gasteiger charge is 2.45. The second-order valence-electron chi connectivity index (χ2n) is 23.9. The fraction of sp³-hybridized carbons (Fsp3) is 0.508. The molecule has 3 N–H and O–H groups in total. The number of nitrogens with one attached hydrogen (secondary N) is 2. The molecule has 1 unspecified atom stereocenters. The van der Waals surface area contributed by atoms with Crippen LogP contribution in [0.1, 0.15) is 117 Å². The third-order valence-electron chi connectivity index (χ3n) is 15.3. The van der Waals surface area contributed by atoms with Gasteiger partial charge in [-0.05, 0) is 152 Å². The van der Waals surface area contributed by atoms with Crippen LogP contribution in [0.4, 0.5) is 26.3 Å². The summed E-state index contributed by atoms with van der Waals surface area (Å²) in [6, 6.07) is 17.1. The fourth-order valence-corrected chi connectivity index (χ4v) is 11.1. The van der Waals surface area contributed by atoms with Gasteiger partial charge in [0, 0.05) is 19.7 Å². The molecule has 2 aromatic heterocycles. The molecule has 2 amide bonds. The maximum atomic E-state index is 14.9. The minimum atomic E-state index is -1.26. The lowest BCUT2D eigenvalue weighted by Crippen LogP contribution is -2.49. The van der Waals surface area contributed by atoms with Gasteiger partial charge in [-0.3, -0.25) is 9.59 Å². The SMILES string of the molecule is C.C[C@H](O)C(=O)N(C[C@@H]1CNC[C@@H]1C)[C@@H](c1nc(-c2cc(F)ccc2F)nn1Cc1cccc(F)c1)C(C)(C)C.C[C@H]1CNC[C@H]1CN(C(=O)C1CCCO1)[C@@H](c1nc(-c2cc(F)ccc2F)nn1Cc1cccc(F)c1)C(C)(C)C. The van der Waals surface area contributed by atoms with Crippen LogP contribution in [0.15, 0.2) is 84.9 Å². The number of hydrogen-bond acceptors (Lipinski definition) is 10. The van der Waals surface area contributed by atoms with E-state index in [1.165, 1.54) is 35.9 Å². The van der Waals surface area contributed by atoms with E-state index in [1.807, 2.05) is 46.4 Å².